The minimum absolute atomic E-state index is 0.280. The zero-order valence-electron chi connectivity index (χ0n) is 9.97. The fourth-order valence-corrected chi connectivity index (χ4v) is 2.62. The molecule has 0 aliphatic carbocycles. The highest BCUT2D eigenvalue weighted by Gasteiger charge is 2.07. The van der Waals surface area contributed by atoms with Crippen molar-refractivity contribution in [3.8, 4) is 16.3 Å². The van der Waals surface area contributed by atoms with Gasteiger partial charge in [0.05, 0.1) is 0 Å². The average Bonchev–Trinajstić information content (AvgIpc) is 2.77. The van der Waals surface area contributed by atoms with Gasteiger partial charge >= 0.3 is 0 Å². The van der Waals surface area contributed by atoms with Gasteiger partial charge in [-0.15, -0.1) is 11.3 Å². The molecule has 2 aromatic rings. The molecular formula is C13H16N2OS. The number of aromatic nitrogens is 1. The number of hydrogen-bond acceptors (Lipinski definition) is 4. The maximum absolute atomic E-state index is 9.43. The van der Waals surface area contributed by atoms with Crippen molar-refractivity contribution in [2.24, 2.45) is 0 Å². The van der Waals surface area contributed by atoms with Crippen molar-refractivity contribution < 1.29 is 5.11 Å². The van der Waals surface area contributed by atoms with Crippen molar-refractivity contribution in [2.75, 3.05) is 7.05 Å². The summed E-state index contributed by atoms with van der Waals surface area (Å²) in [6.45, 7) is 2.15. The van der Waals surface area contributed by atoms with Crippen LogP contribution in [0.2, 0.25) is 0 Å². The van der Waals surface area contributed by atoms with Gasteiger partial charge in [-0.3, -0.25) is 0 Å². The molecule has 0 spiro atoms. The predicted octanol–water partition coefficient (Wildman–Crippen LogP) is 2.67. The van der Waals surface area contributed by atoms with E-state index in [0.29, 0.717) is 6.04 Å². The van der Waals surface area contributed by atoms with Crippen molar-refractivity contribution in [2.45, 2.75) is 19.4 Å². The van der Waals surface area contributed by atoms with Crippen LogP contribution in [-0.2, 0) is 6.42 Å². The van der Waals surface area contributed by atoms with Gasteiger partial charge in [-0.1, -0.05) is 12.1 Å². The molecule has 90 valence electrons. The Morgan fingerprint density at radius 3 is 3.00 bits per heavy atom. The second-order valence-electron chi connectivity index (χ2n) is 4.08. The number of hydrogen-bond donors (Lipinski definition) is 2. The van der Waals surface area contributed by atoms with Crippen molar-refractivity contribution in [3.63, 3.8) is 0 Å². The smallest absolute Gasteiger partial charge is 0.123 e. The number of thiazole rings is 1. The Morgan fingerprint density at radius 1 is 1.47 bits per heavy atom. The standard InChI is InChI=1S/C13H16N2OS/c1-9(14-2)6-12-8-15-13(17-12)10-4-3-5-11(16)7-10/h3-5,7-9,14,16H,6H2,1-2H3. The Kier molecular flexibility index (Phi) is 3.76. The second-order valence-corrected chi connectivity index (χ2v) is 5.19. The van der Waals surface area contributed by atoms with E-state index in [1.54, 1.807) is 23.5 Å². The number of likely N-dealkylation sites (N-methyl/N-ethyl adjacent to an activating group) is 1. The Hall–Kier alpha value is -1.39. The van der Waals surface area contributed by atoms with Crippen LogP contribution in [0.3, 0.4) is 0 Å². The fourth-order valence-electron chi connectivity index (χ4n) is 1.58. The molecule has 1 aromatic carbocycles. The molecule has 0 aliphatic rings. The second kappa shape index (κ2) is 5.29. The van der Waals surface area contributed by atoms with Crippen LogP contribution in [0.4, 0.5) is 0 Å². The molecule has 1 aromatic heterocycles. The van der Waals surface area contributed by atoms with Crippen LogP contribution in [0.5, 0.6) is 5.75 Å². The summed E-state index contributed by atoms with van der Waals surface area (Å²) in [5.41, 5.74) is 0.971. The lowest BCUT2D eigenvalue weighted by Crippen LogP contribution is -2.22. The molecule has 2 rings (SSSR count). The Balaban J connectivity index is 2.18. The van der Waals surface area contributed by atoms with Crippen LogP contribution in [0.1, 0.15) is 11.8 Å². The largest absolute Gasteiger partial charge is 0.508 e. The van der Waals surface area contributed by atoms with Gasteiger partial charge in [0.1, 0.15) is 10.8 Å². The first-order valence-electron chi connectivity index (χ1n) is 5.60. The summed E-state index contributed by atoms with van der Waals surface area (Å²) in [5, 5.41) is 13.6. The van der Waals surface area contributed by atoms with Crippen molar-refractivity contribution >= 4 is 11.3 Å². The summed E-state index contributed by atoms with van der Waals surface area (Å²) in [7, 11) is 1.96. The molecule has 1 atom stereocenters. The molecule has 0 fully saturated rings. The third-order valence-electron chi connectivity index (χ3n) is 2.65. The summed E-state index contributed by atoms with van der Waals surface area (Å²) in [5.74, 6) is 0.280. The minimum atomic E-state index is 0.280. The number of nitrogens with zero attached hydrogens (tertiary/aromatic N) is 1. The predicted molar refractivity (Wildman–Crippen MR) is 71.4 cm³/mol. The van der Waals surface area contributed by atoms with E-state index in [1.165, 1.54) is 4.88 Å². The van der Waals surface area contributed by atoms with Gasteiger partial charge in [-0.2, -0.15) is 0 Å². The lowest BCUT2D eigenvalue weighted by molar-refractivity contribution is 0.475. The summed E-state index contributed by atoms with van der Waals surface area (Å²) in [6, 6.07) is 7.66. The first-order valence-corrected chi connectivity index (χ1v) is 6.42. The first-order chi connectivity index (χ1) is 8.19. The fraction of sp³-hybridized carbons (Fsp3) is 0.308. The number of aromatic hydroxyl groups is 1. The number of nitrogens with one attached hydrogen (secondary N) is 1. The minimum Gasteiger partial charge on any atom is -0.508 e. The molecule has 0 saturated carbocycles. The zero-order chi connectivity index (χ0) is 12.3. The first kappa shape index (κ1) is 12.1. The van der Waals surface area contributed by atoms with E-state index in [-0.39, 0.29) is 5.75 Å². The summed E-state index contributed by atoms with van der Waals surface area (Å²) >= 11 is 1.68. The molecule has 0 radical (unpaired) electrons. The van der Waals surface area contributed by atoms with E-state index < -0.39 is 0 Å². The van der Waals surface area contributed by atoms with Crippen LogP contribution in [0.15, 0.2) is 30.5 Å². The van der Waals surface area contributed by atoms with E-state index in [2.05, 4.69) is 17.2 Å². The van der Waals surface area contributed by atoms with Crippen molar-refractivity contribution in [1.29, 1.82) is 0 Å². The maximum Gasteiger partial charge on any atom is 0.123 e. The lowest BCUT2D eigenvalue weighted by Gasteiger charge is -2.06. The van der Waals surface area contributed by atoms with E-state index >= 15 is 0 Å². The molecule has 0 aliphatic heterocycles. The molecule has 0 bridgehead atoms. The highest BCUT2D eigenvalue weighted by molar-refractivity contribution is 7.15. The molecule has 1 heterocycles. The molecule has 4 heteroatoms. The summed E-state index contributed by atoms with van der Waals surface area (Å²) in [4.78, 5) is 5.65. The average molecular weight is 248 g/mol. The Bertz CT molecular complexity index is 496. The number of phenolic OH excluding ortho intramolecular Hbond substituents is 1. The molecule has 1 unspecified atom stereocenters. The lowest BCUT2D eigenvalue weighted by atomic mass is 10.2. The van der Waals surface area contributed by atoms with Crippen LogP contribution in [0.25, 0.3) is 10.6 Å². The molecule has 3 nitrogen and oxygen atoms in total. The molecule has 0 amide bonds. The summed E-state index contributed by atoms with van der Waals surface area (Å²) < 4.78 is 0. The Labute approximate surface area is 105 Å². The Morgan fingerprint density at radius 2 is 2.29 bits per heavy atom. The van der Waals surface area contributed by atoms with Crippen molar-refractivity contribution in [1.82, 2.24) is 10.3 Å². The van der Waals surface area contributed by atoms with Crippen LogP contribution in [-0.4, -0.2) is 23.2 Å². The van der Waals surface area contributed by atoms with Crippen LogP contribution in [0, 0.1) is 0 Å². The van der Waals surface area contributed by atoms with E-state index in [4.69, 9.17) is 0 Å². The molecule has 2 N–H and O–H groups in total. The third kappa shape index (κ3) is 3.05. The van der Waals surface area contributed by atoms with Gasteiger partial charge in [0, 0.05) is 22.7 Å². The highest BCUT2D eigenvalue weighted by Crippen LogP contribution is 2.27. The van der Waals surface area contributed by atoms with E-state index in [9.17, 15) is 5.11 Å². The topological polar surface area (TPSA) is 45.2 Å². The molecule has 0 saturated heterocycles. The van der Waals surface area contributed by atoms with Gasteiger partial charge in [-0.05, 0) is 32.5 Å². The van der Waals surface area contributed by atoms with Crippen LogP contribution >= 0.6 is 11.3 Å². The van der Waals surface area contributed by atoms with E-state index in [1.807, 2.05) is 25.4 Å². The number of benzene rings is 1. The van der Waals surface area contributed by atoms with Gasteiger partial charge in [0.15, 0.2) is 0 Å². The highest BCUT2D eigenvalue weighted by atomic mass is 32.1. The van der Waals surface area contributed by atoms with Crippen molar-refractivity contribution in [3.05, 3.63) is 35.3 Å². The van der Waals surface area contributed by atoms with Gasteiger partial charge in [0.2, 0.25) is 0 Å². The zero-order valence-corrected chi connectivity index (χ0v) is 10.8. The summed E-state index contributed by atoms with van der Waals surface area (Å²) in [6.07, 6.45) is 2.89. The number of phenols is 1. The third-order valence-corrected chi connectivity index (χ3v) is 3.72. The van der Waals surface area contributed by atoms with Gasteiger partial charge in [0.25, 0.3) is 0 Å². The van der Waals surface area contributed by atoms with Crippen LogP contribution < -0.4 is 5.32 Å². The quantitative estimate of drug-likeness (QED) is 0.874. The monoisotopic (exact) mass is 248 g/mol. The maximum atomic E-state index is 9.43. The van der Waals surface area contributed by atoms with Gasteiger partial charge in [-0.25, -0.2) is 4.98 Å². The van der Waals surface area contributed by atoms with E-state index in [0.717, 1.165) is 17.0 Å². The van der Waals surface area contributed by atoms with Gasteiger partial charge < -0.3 is 10.4 Å². The molecule has 17 heavy (non-hydrogen) atoms. The molecular weight excluding hydrogens is 232 g/mol. The SMILES string of the molecule is CNC(C)Cc1cnc(-c2cccc(O)c2)s1. The normalized spacial score (nSPS) is 12.6. The number of rotatable bonds is 4.